The zero-order chi connectivity index (χ0) is 11.3. The summed E-state index contributed by atoms with van der Waals surface area (Å²) < 4.78 is 0. The molecule has 3 heteroatoms. The Kier molecular flexibility index (Phi) is 1.98. The molecule has 3 rings (SSSR count). The van der Waals surface area contributed by atoms with Gasteiger partial charge in [0.1, 0.15) is 0 Å². The first-order valence-corrected chi connectivity index (χ1v) is 6.07. The van der Waals surface area contributed by atoms with Crippen molar-refractivity contribution in [2.24, 2.45) is 0 Å². The number of Topliss-reactive ketones (excluding diaryl/α,β-unsaturated/α-hetero) is 1. The number of aryl methyl sites for hydroxylation is 1. The number of ketones is 1. The van der Waals surface area contributed by atoms with Crippen LogP contribution in [0.1, 0.15) is 32.7 Å². The monoisotopic (exact) mass is 229 g/mol. The maximum Gasteiger partial charge on any atom is 0.188 e. The highest BCUT2D eigenvalue weighted by atomic mass is 32.1. The number of carbonyl (C=O) groups excluding carboxylic acids is 1. The SMILES string of the molecule is CC(=O)c1nc2c(s1)Cc1ccc(C)cc1-2. The van der Waals surface area contributed by atoms with Gasteiger partial charge < -0.3 is 0 Å². The first kappa shape index (κ1) is 9.73. The van der Waals surface area contributed by atoms with E-state index in [1.54, 1.807) is 6.92 Å². The third-order valence-electron chi connectivity index (χ3n) is 2.87. The van der Waals surface area contributed by atoms with E-state index in [-0.39, 0.29) is 5.78 Å². The van der Waals surface area contributed by atoms with Crippen molar-refractivity contribution in [3.05, 3.63) is 39.2 Å². The van der Waals surface area contributed by atoms with Gasteiger partial charge in [0.25, 0.3) is 0 Å². The number of benzene rings is 1. The summed E-state index contributed by atoms with van der Waals surface area (Å²) in [5.41, 5.74) is 4.80. The molecule has 2 nitrogen and oxygen atoms in total. The van der Waals surface area contributed by atoms with E-state index in [0.717, 1.165) is 12.1 Å². The molecule has 0 amide bonds. The molecule has 1 aliphatic rings. The van der Waals surface area contributed by atoms with Crippen molar-refractivity contribution >= 4 is 17.1 Å². The van der Waals surface area contributed by atoms with E-state index in [1.165, 1.54) is 32.9 Å². The molecule has 0 aliphatic heterocycles. The van der Waals surface area contributed by atoms with E-state index in [1.807, 2.05) is 0 Å². The lowest BCUT2D eigenvalue weighted by Crippen LogP contribution is -1.90. The number of thiazole rings is 1. The molecular formula is C13H11NOS. The van der Waals surface area contributed by atoms with Crippen LogP contribution in [-0.2, 0) is 6.42 Å². The summed E-state index contributed by atoms with van der Waals surface area (Å²) in [7, 11) is 0. The lowest BCUT2D eigenvalue weighted by Gasteiger charge is -2.00. The molecule has 0 unspecified atom stereocenters. The Bertz CT molecular complexity index is 598. The van der Waals surface area contributed by atoms with Crippen LogP contribution < -0.4 is 0 Å². The van der Waals surface area contributed by atoms with Gasteiger partial charge in [-0.1, -0.05) is 17.7 Å². The van der Waals surface area contributed by atoms with Crippen molar-refractivity contribution in [1.29, 1.82) is 0 Å². The van der Waals surface area contributed by atoms with Gasteiger partial charge in [0, 0.05) is 23.8 Å². The van der Waals surface area contributed by atoms with Gasteiger partial charge in [0.2, 0.25) is 0 Å². The van der Waals surface area contributed by atoms with Crippen molar-refractivity contribution in [3.63, 3.8) is 0 Å². The highest BCUT2D eigenvalue weighted by molar-refractivity contribution is 7.14. The molecular weight excluding hydrogens is 218 g/mol. The predicted octanol–water partition coefficient (Wildman–Crippen LogP) is 3.23. The van der Waals surface area contributed by atoms with Crippen LogP contribution in [0.5, 0.6) is 0 Å². The van der Waals surface area contributed by atoms with Crippen LogP contribution in [0.4, 0.5) is 0 Å². The molecule has 1 aromatic heterocycles. The number of aromatic nitrogens is 1. The van der Waals surface area contributed by atoms with Crippen LogP contribution in [0.25, 0.3) is 11.3 Å². The summed E-state index contributed by atoms with van der Waals surface area (Å²) in [5, 5.41) is 0.636. The molecule has 2 aromatic rings. The zero-order valence-electron chi connectivity index (χ0n) is 9.20. The molecule has 0 saturated carbocycles. The Hall–Kier alpha value is -1.48. The molecule has 0 spiro atoms. The summed E-state index contributed by atoms with van der Waals surface area (Å²) in [6.45, 7) is 3.65. The second kappa shape index (κ2) is 3.25. The van der Waals surface area contributed by atoms with Crippen LogP contribution in [0, 0.1) is 6.92 Å². The number of rotatable bonds is 1. The van der Waals surface area contributed by atoms with E-state index in [9.17, 15) is 4.79 Å². The smallest absolute Gasteiger partial charge is 0.188 e. The Labute approximate surface area is 98.0 Å². The highest BCUT2D eigenvalue weighted by Gasteiger charge is 2.24. The predicted molar refractivity (Wildman–Crippen MR) is 65.1 cm³/mol. The third kappa shape index (κ3) is 1.32. The zero-order valence-corrected chi connectivity index (χ0v) is 10.0. The second-order valence-electron chi connectivity index (χ2n) is 4.18. The fourth-order valence-electron chi connectivity index (χ4n) is 2.07. The minimum absolute atomic E-state index is 0.0635. The molecule has 0 fully saturated rings. The van der Waals surface area contributed by atoms with Gasteiger partial charge in [-0.3, -0.25) is 4.79 Å². The van der Waals surface area contributed by atoms with Crippen LogP contribution in [-0.4, -0.2) is 10.8 Å². The maximum absolute atomic E-state index is 11.3. The molecule has 1 heterocycles. The van der Waals surface area contributed by atoms with Crippen molar-refractivity contribution in [2.75, 3.05) is 0 Å². The number of fused-ring (bicyclic) bond motifs is 3. The molecule has 0 bridgehead atoms. The maximum atomic E-state index is 11.3. The lowest BCUT2D eigenvalue weighted by molar-refractivity contribution is 0.101. The Balaban J connectivity index is 2.19. The molecule has 16 heavy (non-hydrogen) atoms. The summed E-state index contributed by atoms with van der Waals surface area (Å²) in [6, 6.07) is 6.44. The molecule has 0 atom stereocenters. The van der Waals surface area contributed by atoms with Crippen molar-refractivity contribution in [1.82, 2.24) is 4.98 Å². The van der Waals surface area contributed by atoms with Crippen LogP contribution in [0.3, 0.4) is 0 Å². The number of nitrogens with zero attached hydrogens (tertiary/aromatic N) is 1. The fourth-order valence-corrected chi connectivity index (χ4v) is 3.06. The molecule has 0 saturated heterocycles. The topological polar surface area (TPSA) is 30.0 Å². The Morgan fingerprint density at radius 2 is 2.25 bits per heavy atom. The van der Waals surface area contributed by atoms with Gasteiger partial charge in [-0.05, 0) is 18.6 Å². The van der Waals surface area contributed by atoms with Gasteiger partial charge in [-0.2, -0.15) is 0 Å². The van der Waals surface area contributed by atoms with Gasteiger partial charge in [0.05, 0.1) is 5.69 Å². The number of hydrogen-bond donors (Lipinski definition) is 0. The Morgan fingerprint density at radius 3 is 3.00 bits per heavy atom. The highest BCUT2D eigenvalue weighted by Crippen LogP contribution is 2.39. The first-order valence-electron chi connectivity index (χ1n) is 5.25. The fraction of sp³-hybridized carbons (Fsp3) is 0.231. The van der Waals surface area contributed by atoms with E-state index in [4.69, 9.17) is 0 Å². The van der Waals surface area contributed by atoms with Gasteiger partial charge in [-0.25, -0.2) is 4.98 Å². The largest absolute Gasteiger partial charge is 0.292 e. The average molecular weight is 229 g/mol. The van der Waals surface area contributed by atoms with E-state index < -0.39 is 0 Å². The minimum Gasteiger partial charge on any atom is -0.292 e. The van der Waals surface area contributed by atoms with E-state index >= 15 is 0 Å². The molecule has 0 radical (unpaired) electrons. The lowest BCUT2D eigenvalue weighted by atomic mass is 10.1. The number of carbonyl (C=O) groups is 1. The van der Waals surface area contributed by atoms with Gasteiger partial charge in [0.15, 0.2) is 10.8 Å². The van der Waals surface area contributed by atoms with Crippen molar-refractivity contribution in [2.45, 2.75) is 20.3 Å². The normalized spacial score (nSPS) is 12.4. The standard InChI is InChI=1S/C13H11NOS/c1-7-3-4-9-6-11-12(10(9)5-7)14-13(16-11)8(2)15/h3-5H,6H2,1-2H3. The molecule has 0 N–H and O–H groups in total. The minimum atomic E-state index is 0.0635. The van der Waals surface area contributed by atoms with Crippen molar-refractivity contribution < 1.29 is 4.79 Å². The average Bonchev–Trinajstić information content (AvgIpc) is 2.75. The third-order valence-corrected chi connectivity index (χ3v) is 4.03. The molecule has 1 aliphatic carbocycles. The van der Waals surface area contributed by atoms with Crippen LogP contribution in [0.15, 0.2) is 18.2 Å². The van der Waals surface area contributed by atoms with E-state index in [0.29, 0.717) is 5.01 Å². The molecule has 80 valence electrons. The summed E-state index contributed by atoms with van der Waals surface area (Å²) in [5.74, 6) is 0.0635. The molecule has 1 aromatic carbocycles. The van der Waals surface area contributed by atoms with Gasteiger partial charge >= 0.3 is 0 Å². The summed E-state index contributed by atoms with van der Waals surface area (Å²) in [6.07, 6.45) is 0.926. The van der Waals surface area contributed by atoms with Crippen LogP contribution in [0.2, 0.25) is 0 Å². The summed E-state index contributed by atoms with van der Waals surface area (Å²) in [4.78, 5) is 16.9. The summed E-state index contributed by atoms with van der Waals surface area (Å²) >= 11 is 1.53. The van der Waals surface area contributed by atoms with Crippen molar-refractivity contribution in [3.8, 4) is 11.3 Å². The quantitative estimate of drug-likeness (QED) is 0.600. The second-order valence-corrected chi connectivity index (χ2v) is 5.27. The van der Waals surface area contributed by atoms with Crippen LogP contribution >= 0.6 is 11.3 Å². The van der Waals surface area contributed by atoms with E-state index in [2.05, 4.69) is 30.1 Å². The Morgan fingerprint density at radius 1 is 1.44 bits per heavy atom. The number of hydrogen-bond acceptors (Lipinski definition) is 3. The van der Waals surface area contributed by atoms with Gasteiger partial charge in [-0.15, -0.1) is 11.3 Å². The first-order chi connectivity index (χ1) is 7.65.